The van der Waals surface area contributed by atoms with Gasteiger partial charge < -0.3 is 10.1 Å². The highest BCUT2D eigenvalue weighted by Gasteiger charge is 2.18. The number of Topliss-reactive ketones (excluding diaryl/α,β-unsaturated/α-hetero) is 1. The smallest absolute Gasteiger partial charge is 0.306 e. The fraction of sp³-hybridized carbons (Fsp3) is 0.471. The van der Waals surface area contributed by atoms with Crippen LogP contribution in [0.1, 0.15) is 49.9 Å². The average Bonchev–Trinajstić information content (AvgIpc) is 2.50. The number of hydrogen-bond acceptors (Lipinski definition) is 4. The van der Waals surface area contributed by atoms with Crippen molar-refractivity contribution in [1.82, 2.24) is 5.32 Å². The third-order valence-corrected chi connectivity index (χ3v) is 3.17. The third kappa shape index (κ3) is 7.02. The van der Waals surface area contributed by atoms with Gasteiger partial charge in [-0.3, -0.25) is 14.4 Å². The molecule has 0 saturated carbocycles. The van der Waals surface area contributed by atoms with Gasteiger partial charge in [-0.25, -0.2) is 0 Å². The molecule has 1 N–H and O–H groups in total. The van der Waals surface area contributed by atoms with Crippen molar-refractivity contribution >= 4 is 17.7 Å². The standard InChI is InChI=1S/C17H23NO4/c1-13(17(21)15-9-5-3-6-10-15)22-16(20)11-7-4-8-12-18-14(2)19/h3,5-6,9-10,13H,4,7-8,11-12H2,1-2H3,(H,18,19). The van der Waals surface area contributed by atoms with E-state index in [4.69, 9.17) is 4.74 Å². The molecule has 0 saturated heterocycles. The van der Waals surface area contributed by atoms with E-state index in [2.05, 4.69) is 5.32 Å². The number of carbonyl (C=O) groups is 3. The highest BCUT2D eigenvalue weighted by Crippen LogP contribution is 2.08. The molecule has 0 radical (unpaired) electrons. The van der Waals surface area contributed by atoms with E-state index in [9.17, 15) is 14.4 Å². The second kappa shape index (κ2) is 9.71. The molecule has 0 aliphatic rings. The van der Waals surface area contributed by atoms with Gasteiger partial charge in [-0.2, -0.15) is 0 Å². The lowest BCUT2D eigenvalue weighted by atomic mass is 10.1. The summed E-state index contributed by atoms with van der Waals surface area (Å²) in [5.74, 6) is -0.608. The Kier molecular flexibility index (Phi) is 7.89. The maximum Gasteiger partial charge on any atom is 0.306 e. The van der Waals surface area contributed by atoms with Crippen molar-refractivity contribution in [2.75, 3.05) is 6.54 Å². The molecule has 5 heteroatoms. The van der Waals surface area contributed by atoms with Crippen LogP contribution in [0.3, 0.4) is 0 Å². The van der Waals surface area contributed by atoms with Gasteiger partial charge >= 0.3 is 5.97 Å². The Labute approximate surface area is 131 Å². The molecule has 0 spiro atoms. The summed E-state index contributed by atoms with van der Waals surface area (Å²) in [6.45, 7) is 3.68. The fourth-order valence-electron chi connectivity index (χ4n) is 1.98. The van der Waals surface area contributed by atoms with E-state index < -0.39 is 6.10 Å². The van der Waals surface area contributed by atoms with E-state index in [0.717, 1.165) is 12.8 Å². The lowest BCUT2D eigenvalue weighted by Crippen LogP contribution is -2.24. The minimum atomic E-state index is -0.769. The van der Waals surface area contributed by atoms with E-state index in [1.165, 1.54) is 6.92 Å². The molecule has 1 aromatic rings. The summed E-state index contributed by atoms with van der Waals surface area (Å²) in [4.78, 5) is 34.4. The van der Waals surface area contributed by atoms with Crippen molar-refractivity contribution in [2.24, 2.45) is 0 Å². The molecular formula is C17H23NO4. The number of ketones is 1. The van der Waals surface area contributed by atoms with Gasteiger partial charge in [0.1, 0.15) is 0 Å². The zero-order valence-corrected chi connectivity index (χ0v) is 13.1. The Morgan fingerprint density at radius 1 is 1.09 bits per heavy atom. The number of hydrogen-bond donors (Lipinski definition) is 1. The van der Waals surface area contributed by atoms with Gasteiger partial charge in [0.2, 0.25) is 11.7 Å². The molecule has 120 valence electrons. The molecule has 0 heterocycles. The molecule has 1 unspecified atom stereocenters. The summed E-state index contributed by atoms with van der Waals surface area (Å²) < 4.78 is 5.15. The normalized spacial score (nSPS) is 11.5. The highest BCUT2D eigenvalue weighted by atomic mass is 16.5. The van der Waals surface area contributed by atoms with Crippen LogP contribution < -0.4 is 5.32 Å². The van der Waals surface area contributed by atoms with Gasteiger partial charge in [-0.05, 0) is 19.8 Å². The van der Waals surface area contributed by atoms with E-state index in [0.29, 0.717) is 18.5 Å². The Bertz CT molecular complexity index is 499. The maximum absolute atomic E-state index is 12.0. The van der Waals surface area contributed by atoms with Gasteiger partial charge in [0.15, 0.2) is 6.10 Å². The summed E-state index contributed by atoms with van der Waals surface area (Å²) in [5.41, 5.74) is 0.540. The van der Waals surface area contributed by atoms with Gasteiger partial charge in [-0.15, -0.1) is 0 Å². The monoisotopic (exact) mass is 305 g/mol. The van der Waals surface area contributed by atoms with Gasteiger partial charge in [-0.1, -0.05) is 36.8 Å². The third-order valence-electron chi connectivity index (χ3n) is 3.17. The number of amides is 1. The first kappa shape index (κ1) is 17.9. The first-order chi connectivity index (χ1) is 10.5. The Morgan fingerprint density at radius 2 is 1.77 bits per heavy atom. The van der Waals surface area contributed by atoms with Crippen LogP contribution in [-0.4, -0.2) is 30.3 Å². The van der Waals surface area contributed by atoms with E-state index >= 15 is 0 Å². The van der Waals surface area contributed by atoms with Crippen LogP contribution in [0.4, 0.5) is 0 Å². The van der Waals surface area contributed by atoms with Crippen molar-refractivity contribution in [3.8, 4) is 0 Å². The molecule has 1 aromatic carbocycles. The minimum Gasteiger partial charge on any atom is -0.454 e. The molecule has 0 fully saturated rings. The Morgan fingerprint density at radius 3 is 2.41 bits per heavy atom. The lowest BCUT2D eigenvalue weighted by molar-refractivity contribution is -0.146. The highest BCUT2D eigenvalue weighted by molar-refractivity contribution is 6.00. The number of unbranched alkanes of at least 4 members (excludes halogenated alkanes) is 2. The van der Waals surface area contributed by atoms with Crippen molar-refractivity contribution in [3.05, 3.63) is 35.9 Å². The van der Waals surface area contributed by atoms with Crippen LogP contribution in [0.2, 0.25) is 0 Å². The number of benzene rings is 1. The van der Waals surface area contributed by atoms with Crippen molar-refractivity contribution < 1.29 is 19.1 Å². The van der Waals surface area contributed by atoms with Crippen molar-refractivity contribution in [1.29, 1.82) is 0 Å². The molecule has 0 aliphatic carbocycles. The molecule has 5 nitrogen and oxygen atoms in total. The Balaban J connectivity index is 2.21. The maximum atomic E-state index is 12.0. The molecular weight excluding hydrogens is 282 g/mol. The molecule has 1 rings (SSSR count). The second-order valence-corrected chi connectivity index (χ2v) is 5.16. The zero-order chi connectivity index (χ0) is 16.4. The van der Waals surface area contributed by atoms with Crippen LogP contribution in [-0.2, 0) is 14.3 Å². The van der Waals surface area contributed by atoms with E-state index in [1.54, 1.807) is 31.2 Å². The minimum absolute atomic E-state index is 0.0485. The number of rotatable bonds is 9. The lowest BCUT2D eigenvalue weighted by Gasteiger charge is -2.12. The van der Waals surface area contributed by atoms with Crippen LogP contribution >= 0.6 is 0 Å². The second-order valence-electron chi connectivity index (χ2n) is 5.16. The first-order valence-corrected chi connectivity index (χ1v) is 7.54. The fourth-order valence-corrected chi connectivity index (χ4v) is 1.98. The summed E-state index contributed by atoms with van der Waals surface area (Å²) in [6.07, 6.45) is 1.85. The summed E-state index contributed by atoms with van der Waals surface area (Å²) in [6, 6.07) is 8.78. The molecule has 0 bridgehead atoms. The van der Waals surface area contributed by atoms with Gasteiger partial charge in [0.25, 0.3) is 0 Å². The zero-order valence-electron chi connectivity index (χ0n) is 13.1. The van der Waals surface area contributed by atoms with E-state index in [-0.39, 0.29) is 24.1 Å². The molecule has 0 aliphatic heterocycles. The number of ether oxygens (including phenoxy) is 1. The average molecular weight is 305 g/mol. The number of carbonyl (C=O) groups excluding carboxylic acids is 3. The molecule has 1 amide bonds. The molecule has 22 heavy (non-hydrogen) atoms. The number of nitrogens with one attached hydrogen (secondary N) is 1. The first-order valence-electron chi connectivity index (χ1n) is 7.54. The summed E-state index contributed by atoms with van der Waals surface area (Å²) in [5, 5.41) is 2.70. The molecule has 1 atom stereocenters. The van der Waals surface area contributed by atoms with Gasteiger partial charge in [0, 0.05) is 25.5 Å². The van der Waals surface area contributed by atoms with E-state index in [1.807, 2.05) is 6.07 Å². The van der Waals surface area contributed by atoms with Crippen molar-refractivity contribution in [3.63, 3.8) is 0 Å². The molecule has 0 aromatic heterocycles. The van der Waals surface area contributed by atoms with Crippen LogP contribution in [0.15, 0.2) is 30.3 Å². The largest absolute Gasteiger partial charge is 0.454 e. The van der Waals surface area contributed by atoms with Crippen LogP contribution in [0.25, 0.3) is 0 Å². The van der Waals surface area contributed by atoms with Crippen LogP contribution in [0, 0.1) is 0 Å². The predicted molar refractivity (Wildman–Crippen MR) is 83.5 cm³/mol. The topological polar surface area (TPSA) is 72.5 Å². The quantitative estimate of drug-likeness (QED) is 0.432. The summed E-state index contributed by atoms with van der Waals surface area (Å²) in [7, 11) is 0. The SMILES string of the molecule is CC(=O)NCCCCCC(=O)OC(C)C(=O)c1ccccc1. The van der Waals surface area contributed by atoms with Gasteiger partial charge in [0.05, 0.1) is 0 Å². The summed E-state index contributed by atoms with van der Waals surface area (Å²) >= 11 is 0. The number of esters is 1. The van der Waals surface area contributed by atoms with Crippen molar-refractivity contribution in [2.45, 2.75) is 45.6 Å². The predicted octanol–water partition coefficient (Wildman–Crippen LogP) is 2.50. The Hall–Kier alpha value is -2.17. The van der Waals surface area contributed by atoms with Crippen LogP contribution in [0.5, 0.6) is 0 Å².